The van der Waals surface area contributed by atoms with Crippen LogP contribution in [0.5, 0.6) is 0 Å². The van der Waals surface area contributed by atoms with Crippen LogP contribution in [0.3, 0.4) is 0 Å². The Morgan fingerprint density at radius 3 is 2.69 bits per heavy atom. The van der Waals surface area contributed by atoms with Crippen LogP contribution < -0.4 is 0 Å². The highest BCUT2D eigenvalue weighted by atomic mass is 28.3. The number of rotatable bonds is 9. The van der Waals surface area contributed by atoms with E-state index in [1.54, 1.807) is 46.1 Å². The smallest absolute Gasteiger partial charge is 0.316 e. The van der Waals surface area contributed by atoms with Gasteiger partial charge in [0.1, 0.15) is 31.4 Å². The lowest BCUT2D eigenvalue weighted by Crippen LogP contribution is -2.31. The van der Waals surface area contributed by atoms with E-state index in [1.165, 1.54) is 6.07 Å². The molecule has 11 heteroatoms. The SMILES string of the molecule is C[C@]1(c2ccccc2)COC(=O)[C@@H]1c1ccn2ncc(-c3ccc(-c4ncn(COCC[Si](C)(C)C)n4)c(F)c3)c2n1. The van der Waals surface area contributed by atoms with Crippen LogP contribution in [-0.4, -0.2) is 56.6 Å². The monoisotopic (exact) mass is 584 g/mol. The van der Waals surface area contributed by atoms with Gasteiger partial charge in [0.2, 0.25) is 0 Å². The molecular weight excluding hydrogens is 551 g/mol. The lowest BCUT2D eigenvalue weighted by atomic mass is 9.72. The van der Waals surface area contributed by atoms with Crippen molar-refractivity contribution >= 4 is 19.7 Å². The molecule has 0 bridgehead atoms. The summed E-state index contributed by atoms with van der Waals surface area (Å²) >= 11 is 0. The van der Waals surface area contributed by atoms with Gasteiger partial charge >= 0.3 is 5.97 Å². The summed E-state index contributed by atoms with van der Waals surface area (Å²) in [7, 11) is -1.18. The van der Waals surface area contributed by atoms with Crippen molar-refractivity contribution in [2.45, 2.75) is 50.7 Å². The third-order valence-corrected chi connectivity index (χ3v) is 9.49. The van der Waals surface area contributed by atoms with Crippen LogP contribution in [0.2, 0.25) is 25.7 Å². The van der Waals surface area contributed by atoms with Gasteiger partial charge in [0.15, 0.2) is 11.5 Å². The van der Waals surface area contributed by atoms with Gasteiger partial charge in [-0.2, -0.15) is 5.10 Å². The van der Waals surface area contributed by atoms with E-state index in [2.05, 4.69) is 34.8 Å². The summed E-state index contributed by atoms with van der Waals surface area (Å²) in [6, 6.07) is 17.6. The summed E-state index contributed by atoms with van der Waals surface area (Å²) in [4.78, 5) is 22.1. The van der Waals surface area contributed by atoms with E-state index in [9.17, 15) is 4.79 Å². The summed E-state index contributed by atoms with van der Waals surface area (Å²) in [6.45, 7) is 10.1. The fourth-order valence-electron chi connectivity index (χ4n) is 5.29. The molecule has 216 valence electrons. The predicted molar refractivity (Wildman–Crippen MR) is 159 cm³/mol. The van der Waals surface area contributed by atoms with Crippen LogP contribution in [0.15, 0.2) is 73.3 Å². The third kappa shape index (κ3) is 5.37. The molecule has 1 fully saturated rings. The Kier molecular flexibility index (Phi) is 7.23. The summed E-state index contributed by atoms with van der Waals surface area (Å²) in [5, 5.41) is 8.81. The fraction of sp³-hybridized carbons (Fsp3) is 0.323. The molecular formula is C31H33FN6O3Si. The molecule has 4 heterocycles. The Balaban J connectivity index is 1.26. The van der Waals surface area contributed by atoms with E-state index in [0.717, 1.165) is 11.6 Å². The van der Waals surface area contributed by atoms with E-state index >= 15 is 4.39 Å². The first-order chi connectivity index (χ1) is 20.1. The number of benzene rings is 2. The Bertz CT molecular complexity index is 1750. The minimum absolute atomic E-state index is 0.264. The number of carbonyl (C=O) groups is 1. The molecule has 0 N–H and O–H groups in total. The molecule has 0 amide bonds. The van der Waals surface area contributed by atoms with Crippen molar-refractivity contribution in [2.75, 3.05) is 13.2 Å². The minimum Gasteiger partial charge on any atom is -0.464 e. The molecule has 9 nitrogen and oxygen atoms in total. The Labute approximate surface area is 244 Å². The molecule has 0 spiro atoms. The lowest BCUT2D eigenvalue weighted by Gasteiger charge is -2.27. The number of aromatic nitrogens is 6. The van der Waals surface area contributed by atoms with E-state index < -0.39 is 25.2 Å². The second-order valence-corrected chi connectivity index (χ2v) is 17.8. The summed E-state index contributed by atoms with van der Waals surface area (Å²) in [5.74, 6) is -1.08. The van der Waals surface area contributed by atoms with E-state index in [0.29, 0.717) is 29.1 Å². The van der Waals surface area contributed by atoms with E-state index in [-0.39, 0.29) is 30.7 Å². The predicted octanol–water partition coefficient (Wildman–Crippen LogP) is 5.70. The van der Waals surface area contributed by atoms with Gasteiger partial charge in [0.05, 0.1) is 17.5 Å². The van der Waals surface area contributed by atoms with Gasteiger partial charge in [-0.05, 0) is 35.4 Å². The Morgan fingerprint density at radius 1 is 1.12 bits per heavy atom. The second kappa shape index (κ2) is 10.9. The van der Waals surface area contributed by atoms with Crippen molar-refractivity contribution in [3.05, 3.63) is 90.4 Å². The van der Waals surface area contributed by atoms with Crippen molar-refractivity contribution in [2.24, 2.45) is 0 Å². The number of halogens is 1. The van der Waals surface area contributed by atoms with Gasteiger partial charge in [0, 0.05) is 31.9 Å². The molecule has 42 heavy (non-hydrogen) atoms. The molecule has 3 aromatic heterocycles. The summed E-state index contributed by atoms with van der Waals surface area (Å²) < 4.78 is 29.9. The van der Waals surface area contributed by atoms with E-state index in [1.807, 2.05) is 37.3 Å². The molecule has 6 rings (SSSR count). The highest BCUT2D eigenvalue weighted by Gasteiger charge is 2.50. The minimum atomic E-state index is -1.18. The maximum atomic E-state index is 15.4. The van der Waals surface area contributed by atoms with Crippen molar-refractivity contribution in [3.63, 3.8) is 0 Å². The standard InChI is InChI=1S/C31H33FN6O3Si/c1-31(22-8-6-5-7-9-22)18-41-30(39)27(31)26-12-13-38-29(35-26)24(17-34-38)21-10-11-23(25(32)16-21)28-33-19-37(36-28)20-40-14-15-42(2,3)4/h5-13,16-17,19,27H,14-15,18,20H2,1-4H3/t27-,31+/m0/s1. The normalized spacial score (nSPS) is 19.0. The molecule has 0 aliphatic carbocycles. The maximum absolute atomic E-state index is 15.4. The van der Waals surface area contributed by atoms with Crippen molar-refractivity contribution in [1.82, 2.24) is 29.4 Å². The highest BCUT2D eigenvalue weighted by molar-refractivity contribution is 6.76. The molecule has 5 aromatic rings. The van der Waals surface area contributed by atoms with Crippen LogP contribution in [0.1, 0.15) is 24.1 Å². The van der Waals surface area contributed by atoms with Crippen molar-refractivity contribution < 1.29 is 18.7 Å². The van der Waals surface area contributed by atoms with Crippen LogP contribution >= 0.6 is 0 Å². The maximum Gasteiger partial charge on any atom is 0.316 e. The average Bonchev–Trinajstić information content (AvgIpc) is 3.68. The number of ether oxygens (including phenoxy) is 2. The van der Waals surface area contributed by atoms with Crippen LogP contribution in [-0.2, 0) is 26.4 Å². The Hall–Kier alpha value is -4.22. The number of cyclic esters (lactones) is 1. The van der Waals surface area contributed by atoms with Crippen molar-refractivity contribution in [1.29, 1.82) is 0 Å². The average molecular weight is 585 g/mol. The largest absolute Gasteiger partial charge is 0.464 e. The molecule has 0 unspecified atom stereocenters. The number of hydrogen-bond donors (Lipinski definition) is 0. The highest BCUT2D eigenvalue weighted by Crippen LogP contribution is 2.44. The van der Waals surface area contributed by atoms with Gasteiger partial charge in [0.25, 0.3) is 0 Å². The molecule has 0 saturated carbocycles. The van der Waals surface area contributed by atoms with Gasteiger partial charge in [-0.1, -0.05) is 63.0 Å². The van der Waals surface area contributed by atoms with E-state index in [4.69, 9.17) is 14.5 Å². The van der Waals surface area contributed by atoms with Crippen LogP contribution in [0, 0.1) is 5.82 Å². The number of nitrogens with zero attached hydrogens (tertiary/aromatic N) is 6. The van der Waals surface area contributed by atoms with Gasteiger partial charge in [-0.3, -0.25) is 4.79 Å². The quantitative estimate of drug-likeness (QED) is 0.124. The number of hydrogen-bond acceptors (Lipinski definition) is 7. The first-order valence-corrected chi connectivity index (χ1v) is 17.7. The lowest BCUT2D eigenvalue weighted by molar-refractivity contribution is -0.139. The molecule has 1 aliphatic heterocycles. The Morgan fingerprint density at radius 2 is 1.93 bits per heavy atom. The second-order valence-electron chi connectivity index (χ2n) is 12.2. The molecule has 1 aliphatic rings. The summed E-state index contributed by atoms with van der Waals surface area (Å²) in [5.41, 5.74) is 3.06. The molecule has 2 atom stereocenters. The zero-order valence-electron chi connectivity index (χ0n) is 24.1. The number of carbonyl (C=O) groups excluding carboxylic acids is 1. The summed E-state index contributed by atoms with van der Waals surface area (Å²) in [6.07, 6.45) is 4.96. The van der Waals surface area contributed by atoms with Crippen molar-refractivity contribution in [3.8, 4) is 22.5 Å². The zero-order chi connectivity index (χ0) is 29.5. The number of esters is 1. The molecule has 0 radical (unpaired) electrons. The fourth-order valence-corrected chi connectivity index (χ4v) is 6.05. The number of fused-ring (bicyclic) bond motifs is 1. The molecule has 1 saturated heterocycles. The van der Waals surface area contributed by atoms with Crippen LogP contribution in [0.25, 0.3) is 28.2 Å². The first-order valence-electron chi connectivity index (χ1n) is 14.0. The van der Waals surface area contributed by atoms with Gasteiger partial charge in [-0.25, -0.2) is 23.6 Å². The topological polar surface area (TPSA) is 96.4 Å². The van der Waals surface area contributed by atoms with Gasteiger partial charge in [-0.15, -0.1) is 5.10 Å². The molecule has 2 aromatic carbocycles. The van der Waals surface area contributed by atoms with Gasteiger partial charge < -0.3 is 9.47 Å². The first kappa shape index (κ1) is 27.9. The zero-order valence-corrected chi connectivity index (χ0v) is 25.1. The third-order valence-electron chi connectivity index (χ3n) is 7.78. The van der Waals surface area contributed by atoms with Crippen LogP contribution in [0.4, 0.5) is 4.39 Å².